The third kappa shape index (κ3) is 2.20. The van der Waals surface area contributed by atoms with Crippen LogP contribution in [0.25, 0.3) is 0 Å². The number of hydrogen-bond donors (Lipinski definition) is 0. The van der Waals surface area contributed by atoms with Crippen LogP contribution in [-0.2, 0) is 22.5 Å². The zero-order chi connectivity index (χ0) is 11.7. The van der Waals surface area contributed by atoms with Gasteiger partial charge in [0.15, 0.2) is 0 Å². The molecule has 0 radical (unpaired) electrons. The maximum Gasteiger partial charge on any atom is 0.338 e. The molecule has 0 saturated carbocycles. The molecular formula is C14H16O3. The lowest BCUT2D eigenvalue weighted by Gasteiger charge is -2.22. The number of carbonyl (C=O) groups excluding carboxylic acids is 1. The fourth-order valence-corrected chi connectivity index (χ4v) is 2.60. The van der Waals surface area contributed by atoms with Gasteiger partial charge in [0.05, 0.1) is 5.56 Å². The summed E-state index contributed by atoms with van der Waals surface area (Å²) in [4.78, 5) is 11.3. The molecule has 1 aromatic rings. The Balaban J connectivity index is 1.73. The van der Waals surface area contributed by atoms with E-state index in [0.29, 0.717) is 6.61 Å². The lowest BCUT2D eigenvalue weighted by Crippen LogP contribution is -2.17. The van der Waals surface area contributed by atoms with Crippen molar-refractivity contribution in [2.24, 2.45) is 5.92 Å². The summed E-state index contributed by atoms with van der Waals surface area (Å²) in [7, 11) is 0. The topological polar surface area (TPSA) is 35.5 Å². The predicted octanol–water partition coefficient (Wildman–Crippen LogP) is 2.33. The lowest BCUT2D eigenvalue weighted by atomic mass is 9.91. The molecule has 0 aliphatic carbocycles. The van der Waals surface area contributed by atoms with Crippen LogP contribution in [-0.4, -0.2) is 19.2 Å². The highest BCUT2D eigenvalue weighted by atomic mass is 16.5. The van der Waals surface area contributed by atoms with Crippen LogP contribution in [0.4, 0.5) is 0 Å². The van der Waals surface area contributed by atoms with Crippen LogP contribution < -0.4 is 0 Å². The first kappa shape index (κ1) is 10.8. The first-order valence-corrected chi connectivity index (χ1v) is 6.19. The van der Waals surface area contributed by atoms with Crippen LogP contribution in [0, 0.1) is 5.92 Å². The van der Waals surface area contributed by atoms with E-state index >= 15 is 0 Å². The van der Waals surface area contributed by atoms with Crippen molar-refractivity contribution in [3.63, 3.8) is 0 Å². The maximum absolute atomic E-state index is 11.3. The Hall–Kier alpha value is -1.35. The third-order valence-electron chi connectivity index (χ3n) is 3.61. The molecular weight excluding hydrogens is 216 g/mol. The van der Waals surface area contributed by atoms with Gasteiger partial charge < -0.3 is 9.47 Å². The molecule has 1 aromatic carbocycles. The molecule has 0 N–H and O–H groups in total. The van der Waals surface area contributed by atoms with E-state index in [9.17, 15) is 4.79 Å². The van der Waals surface area contributed by atoms with Crippen molar-refractivity contribution in [1.82, 2.24) is 0 Å². The number of hydrogen-bond acceptors (Lipinski definition) is 3. The molecule has 0 spiro atoms. The third-order valence-corrected chi connectivity index (χ3v) is 3.61. The number of ether oxygens (including phenoxy) is 2. The van der Waals surface area contributed by atoms with Crippen LogP contribution in [0.2, 0.25) is 0 Å². The minimum absolute atomic E-state index is 0.183. The summed E-state index contributed by atoms with van der Waals surface area (Å²) in [5.41, 5.74) is 3.09. The minimum atomic E-state index is -0.183. The molecule has 3 heteroatoms. The first-order valence-electron chi connectivity index (χ1n) is 6.19. The zero-order valence-electron chi connectivity index (χ0n) is 9.78. The molecule has 1 saturated heterocycles. The molecule has 0 unspecified atom stereocenters. The van der Waals surface area contributed by atoms with Crippen molar-refractivity contribution in [2.45, 2.75) is 25.9 Å². The second-order valence-electron chi connectivity index (χ2n) is 4.83. The molecule has 2 aliphatic rings. The fourth-order valence-electron chi connectivity index (χ4n) is 2.60. The van der Waals surface area contributed by atoms with Gasteiger partial charge in [-0.1, -0.05) is 12.1 Å². The van der Waals surface area contributed by atoms with Crippen LogP contribution in [0.5, 0.6) is 0 Å². The average Bonchev–Trinajstić information content (AvgIpc) is 2.72. The number of rotatable bonds is 2. The van der Waals surface area contributed by atoms with Gasteiger partial charge in [-0.25, -0.2) is 4.79 Å². The van der Waals surface area contributed by atoms with Gasteiger partial charge in [-0.15, -0.1) is 0 Å². The quantitative estimate of drug-likeness (QED) is 0.734. The van der Waals surface area contributed by atoms with Crippen LogP contribution in [0.15, 0.2) is 18.2 Å². The van der Waals surface area contributed by atoms with Crippen molar-refractivity contribution < 1.29 is 14.3 Å². The average molecular weight is 232 g/mol. The van der Waals surface area contributed by atoms with Crippen molar-refractivity contribution in [1.29, 1.82) is 0 Å². The summed E-state index contributed by atoms with van der Waals surface area (Å²) in [6, 6.07) is 6.08. The Morgan fingerprint density at radius 1 is 1.24 bits per heavy atom. The van der Waals surface area contributed by atoms with Gasteiger partial charge in [0.2, 0.25) is 0 Å². The number of benzene rings is 1. The summed E-state index contributed by atoms with van der Waals surface area (Å²) in [5, 5.41) is 0. The summed E-state index contributed by atoms with van der Waals surface area (Å²) in [6.45, 7) is 2.21. The number of carbonyl (C=O) groups is 1. The lowest BCUT2D eigenvalue weighted by molar-refractivity contribution is 0.0535. The normalized spacial score (nSPS) is 20.1. The first-order chi connectivity index (χ1) is 8.33. The van der Waals surface area contributed by atoms with Crippen molar-refractivity contribution in [3.8, 4) is 0 Å². The number of cyclic esters (lactones) is 1. The molecule has 3 rings (SSSR count). The van der Waals surface area contributed by atoms with Crippen LogP contribution >= 0.6 is 0 Å². The molecule has 90 valence electrons. The Morgan fingerprint density at radius 2 is 2.06 bits per heavy atom. The zero-order valence-corrected chi connectivity index (χ0v) is 9.78. The molecule has 2 aliphatic heterocycles. The van der Waals surface area contributed by atoms with Crippen molar-refractivity contribution >= 4 is 5.97 Å². The van der Waals surface area contributed by atoms with Crippen molar-refractivity contribution in [3.05, 3.63) is 34.9 Å². The molecule has 3 nitrogen and oxygen atoms in total. The highest BCUT2D eigenvalue weighted by molar-refractivity contribution is 5.93. The SMILES string of the molecule is O=C1OCc2cc(CC3CCOCC3)ccc21. The molecule has 0 atom stereocenters. The van der Waals surface area contributed by atoms with Gasteiger partial charge in [-0.05, 0) is 36.8 Å². The van der Waals surface area contributed by atoms with Gasteiger partial charge in [0.25, 0.3) is 0 Å². The number of fused-ring (bicyclic) bond motifs is 1. The monoisotopic (exact) mass is 232 g/mol. The van der Waals surface area contributed by atoms with E-state index in [1.165, 1.54) is 5.56 Å². The van der Waals surface area contributed by atoms with Gasteiger partial charge >= 0.3 is 5.97 Å². The van der Waals surface area contributed by atoms with E-state index in [1.54, 1.807) is 0 Å². The molecule has 0 amide bonds. The van der Waals surface area contributed by atoms with E-state index in [0.717, 1.165) is 49.5 Å². The molecule has 1 fully saturated rings. The Labute approximate surface area is 101 Å². The molecule has 0 aromatic heterocycles. The smallest absolute Gasteiger partial charge is 0.338 e. The van der Waals surface area contributed by atoms with Crippen LogP contribution in [0.3, 0.4) is 0 Å². The van der Waals surface area contributed by atoms with E-state index in [2.05, 4.69) is 12.1 Å². The maximum atomic E-state index is 11.3. The van der Waals surface area contributed by atoms with Crippen molar-refractivity contribution in [2.75, 3.05) is 13.2 Å². The molecule has 0 bridgehead atoms. The van der Waals surface area contributed by atoms with Gasteiger partial charge in [0, 0.05) is 18.8 Å². The molecule has 2 heterocycles. The summed E-state index contributed by atoms with van der Waals surface area (Å²) >= 11 is 0. The van der Waals surface area contributed by atoms with E-state index in [1.807, 2.05) is 6.07 Å². The Bertz CT molecular complexity index is 433. The number of esters is 1. The highest BCUT2D eigenvalue weighted by Gasteiger charge is 2.22. The molecule has 17 heavy (non-hydrogen) atoms. The summed E-state index contributed by atoms with van der Waals surface area (Å²) in [6.07, 6.45) is 3.38. The minimum Gasteiger partial charge on any atom is -0.457 e. The second kappa shape index (κ2) is 4.49. The van der Waals surface area contributed by atoms with E-state index in [-0.39, 0.29) is 5.97 Å². The van der Waals surface area contributed by atoms with E-state index < -0.39 is 0 Å². The van der Waals surface area contributed by atoms with E-state index in [4.69, 9.17) is 9.47 Å². The summed E-state index contributed by atoms with van der Waals surface area (Å²) < 4.78 is 10.4. The summed E-state index contributed by atoms with van der Waals surface area (Å²) in [5.74, 6) is 0.539. The van der Waals surface area contributed by atoms with Gasteiger partial charge in [-0.2, -0.15) is 0 Å². The Morgan fingerprint density at radius 3 is 2.88 bits per heavy atom. The highest BCUT2D eigenvalue weighted by Crippen LogP contribution is 2.25. The van der Waals surface area contributed by atoms with Crippen LogP contribution in [0.1, 0.15) is 34.3 Å². The second-order valence-corrected chi connectivity index (χ2v) is 4.83. The standard InChI is InChI=1S/C14H16O3/c15-14-13-2-1-11(8-12(13)9-17-14)7-10-3-5-16-6-4-10/h1-2,8,10H,3-7,9H2. The largest absolute Gasteiger partial charge is 0.457 e. The Kier molecular flexibility index (Phi) is 2.85. The van der Waals surface area contributed by atoms with Gasteiger partial charge in [0.1, 0.15) is 6.61 Å². The predicted molar refractivity (Wildman–Crippen MR) is 62.8 cm³/mol. The van der Waals surface area contributed by atoms with Gasteiger partial charge in [-0.3, -0.25) is 0 Å². The fraction of sp³-hybridized carbons (Fsp3) is 0.500.